The van der Waals surface area contributed by atoms with Crippen molar-refractivity contribution in [3.05, 3.63) is 29.8 Å². The first-order valence-electron chi connectivity index (χ1n) is 6.97. The molecule has 2 rings (SSSR count). The Labute approximate surface area is 120 Å². The summed E-state index contributed by atoms with van der Waals surface area (Å²) in [4.78, 5) is 16.3. The quantitative estimate of drug-likeness (QED) is 0.876. The van der Waals surface area contributed by atoms with Crippen LogP contribution in [0, 0.1) is 6.92 Å². The number of rotatable bonds is 4. The van der Waals surface area contributed by atoms with Crippen molar-refractivity contribution in [2.75, 3.05) is 44.8 Å². The molecule has 5 heteroatoms. The normalized spacial score (nSPS) is 17.1. The van der Waals surface area contributed by atoms with E-state index in [1.807, 2.05) is 17.0 Å². The summed E-state index contributed by atoms with van der Waals surface area (Å²) in [6.45, 7) is 5.50. The van der Waals surface area contributed by atoms with Gasteiger partial charge in [-0.2, -0.15) is 0 Å². The topological polar surface area (TPSA) is 58.8 Å². The Bertz CT molecular complexity index is 456. The molecule has 1 amide bonds. The van der Waals surface area contributed by atoms with Crippen molar-refractivity contribution in [1.82, 2.24) is 4.90 Å². The summed E-state index contributed by atoms with van der Waals surface area (Å²) in [6.07, 6.45) is 0. The van der Waals surface area contributed by atoms with Crippen molar-refractivity contribution in [2.45, 2.75) is 13.0 Å². The SMILES string of the molecule is COCC(N)C(=O)N1CCN(c2ccccc2C)CC1. The summed E-state index contributed by atoms with van der Waals surface area (Å²) in [5.74, 6) is -0.0173. The number of anilines is 1. The number of para-hydroxylation sites is 1. The molecule has 0 saturated carbocycles. The second kappa shape index (κ2) is 6.72. The van der Waals surface area contributed by atoms with Gasteiger partial charge in [-0.1, -0.05) is 18.2 Å². The average Bonchev–Trinajstić information content (AvgIpc) is 2.47. The Morgan fingerprint density at radius 1 is 1.30 bits per heavy atom. The Morgan fingerprint density at radius 2 is 1.95 bits per heavy atom. The molecule has 1 heterocycles. The lowest BCUT2D eigenvalue weighted by atomic mass is 10.1. The molecule has 0 radical (unpaired) electrons. The van der Waals surface area contributed by atoms with Gasteiger partial charge in [-0.05, 0) is 18.6 Å². The predicted molar refractivity (Wildman–Crippen MR) is 79.8 cm³/mol. The maximum Gasteiger partial charge on any atom is 0.241 e. The van der Waals surface area contributed by atoms with Crippen LogP contribution in [-0.4, -0.2) is 56.7 Å². The number of carbonyl (C=O) groups excluding carboxylic acids is 1. The van der Waals surface area contributed by atoms with Crippen molar-refractivity contribution in [2.24, 2.45) is 5.73 Å². The number of aryl methyl sites for hydroxylation is 1. The van der Waals surface area contributed by atoms with Crippen LogP contribution in [0.3, 0.4) is 0 Å². The van der Waals surface area contributed by atoms with Gasteiger partial charge >= 0.3 is 0 Å². The van der Waals surface area contributed by atoms with Gasteiger partial charge in [0, 0.05) is 39.0 Å². The zero-order chi connectivity index (χ0) is 14.5. The summed E-state index contributed by atoms with van der Waals surface area (Å²) in [5.41, 5.74) is 8.32. The zero-order valence-corrected chi connectivity index (χ0v) is 12.2. The molecule has 1 aliphatic rings. The van der Waals surface area contributed by atoms with Crippen LogP contribution in [0.15, 0.2) is 24.3 Å². The highest BCUT2D eigenvalue weighted by Crippen LogP contribution is 2.20. The van der Waals surface area contributed by atoms with Gasteiger partial charge in [0.05, 0.1) is 6.61 Å². The summed E-state index contributed by atoms with van der Waals surface area (Å²) in [5, 5.41) is 0. The molecule has 0 aromatic heterocycles. The number of methoxy groups -OCH3 is 1. The standard InChI is InChI=1S/C15H23N3O2/c1-12-5-3-4-6-14(12)17-7-9-18(10-8-17)15(19)13(16)11-20-2/h3-6,13H,7-11,16H2,1-2H3. The fraction of sp³-hybridized carbons (Fsp3) is 0.533. The Balaban J connectivity index is 1.93. The molecule has 5 nitrogen and oxygen atoms in total. The molecule has 1 saturated heterocycles. The molecule has 110 valence electrons. The lowest BCUT2D eigenvalue weighted by molar-refractivity contribution is -0.134. The summed E-state index contributed by atoms with van der Waals surface area (Å²) in [7, 11) is 1.56. The predicted octanol–water partition coefficient (Wildman–Crippen LogP) is 0.617. The minimum Gasteiger partial charge on any atom is -0.383 e. The van der Waals surface area contributed by atoms with E-state index in [1.165, 1.54) is 11.3 Å². The van der Waals surface area contributed by atoms with E-state index in [2.05, 4.69) is 24.0 Å². The number of benzene rings is 1. The maximum absolute atomic E-state index is 12.1. The Kier molecular flexibility index (Phi) is 4.98. The smallest absolute Gasteiger partial charge is 0.241 e. The van der Waals surface area contributed by atoms with Gasteiger partial charge in [-0.25, -0.2) is 0 Å². The van der Waals surface area contributed by atoms with Gasteiger partial charge in [0.2, 0.25) is 5.91 Å². The second-order valence-corrected chi connectivity index (χ2v) is 5.16. The van der Waals surface area contributed by atoms with Gasteiger partial charge in [0.25, 0.3) is 0 Å². The van der Waals surface area contributed by atoms with Gasteiger partial charge in [0.1, 0.15) is 6.04 Å². The minimum absolute atomic E-state index is 0.0173. The number of nitrogens with two attached hydrogens (primary N) is 1. The van der Waals surface area contributed by atoms with Crippen LogP contribution in [0.2, 0.25) is 0 Å². The monoisotopic (exact) mass is 277 g/mol. The van der Waals surface area contributed by atoms with Crippen molar-refractivity contribution in [3.63, 3.8) is 0 Å². The van der Waals surface area contributed by atoms with Crippen molar-refractivity contribution in [1.29, 1.82) is 0 Å². The van der Waals surface area contributed by atoms with Crippen LogP contribution in [0.25, 0.3) is 0 Å². The highest BCUT2D eigenvalue weighted by atomic mass is 16.5. The molecule has 1 unspecified atom stereocenters. The average molecular weight is 277 g/mol. The molecule has 1 atom stereocenters. The maximum atomic E-state index is 12.1. The number of amides is 1. The molecule has 1 aromatic rings. The molecule has 1 aromatic carbocycles. The van der Waals surface area contributed by atoms with Crippen molar-refractivity contribution >= 4 is 11.6 Å². The number of carbonyl (C=O) groups is 1. The first kappa shape index (κ1) is 14.8. The largest absolute Gasteiger partial charge is 0.383 e. The van der Waals surface area contributed by atoms with Crippen LogP contribution in [0.5, 0.6) is 0 Å². The van der Waals surface area contributed by atoms with E-state index in [4.69, 9.17) is 10.5 Å². The Hall–Kier alpha value is -1.59. The van der Waals surface area contributed by atoms with Gasteiger partial charge in [-0.15, -0.1) is 0 Å². The zero-order valence-electron chi connectivity index (χ0n) is 12.2. The van der Waals surface area contributed by atoms with Crippen LogP contribution in [0.4, 0.5) is 5.69 Å². The first-order valence-corrected chi connectivity index (χ1v) is 6.97. The van der Waals surface area contributed by atoms with E-state index in [0.29, 0.717) is 13.1 Å². The van der Waals surface area contributed by atoms with E-state index in [-0.39, 0.29) is 12.5 Å². The third-order valence-electron chi connectivity index (χ3n) is 3.71. The van der Waals surface area contributed by atoms with Gasteiger partial charge in [0.15, 0.2) is 0 Å². The van der Waals surface area contributed by atoms with Crippen LogP contribution in [0.1, 0.15) is 5.56 Å². The number of nitrogens with zero attached hydrogens (tertiary/aromatic N) is 2. The summed E-state index contributed by atoms with van der Waals surface area (Å²) >= 11 is 0. The molecular weight excluding hydrogens is 254 g/mol. The van der Waals surface area contributed by atoms with E-state index < -0.39 is 6.04 Å². The Morgan fingerprint density at radius 3 is 2.55 bits per heavy atom. The van der Waals surface area contributed by atoms with Crippen molar-refractivity contribution in [3.8, 4) is 0 Å². The summed E-state index contributed by atoms with van der Waals surface area (Å²) in [6, 6.07) is 7.78. The number of ether oxygens (including phenoxy) is 1. The van der Waals surface area contributed by atoms with Crippen LogP contribution >= 0.6 is 0 Å². The van der Waals surface area contributed by atoms with Crippen LogP contribution in [-0.2, 0) is 9.53 Å². The minimum atomic E-state index is -0.551. The highest BCUT2D eigenvalue weighted by Gasteiger charge is 2.25. The van der Waals surface area contributed by atoms with Crippen molar-refractivity contribution < 1.29 is 9.53 Å². The molecule has 1 aliphatic heterocycles. The third kappa shape index (κ3) is 3.29. The molecular formula is C15H23N3O2. The van der Waals surface area contributed by atoms with E-state index >= 15 is 0 Å². The van der Waals surface area contributed by atoms with Gasteiger partial charge < -0.3 is 20.3 Å². The van der Waals surface area contributed by atoms with E-state index in [9.17, 15) is 4.79 Å². The molecule has 2 N–H and O–H groups in total. The van der Waals surface area contributed by atoms with Crippen LogP contribution < -0.4 is 10.6 Å². The number of hydrogen-bond donors (Lipinski definition) is 1. The highest BCUT2D eigenvalue weighted by molar-refractivity contribution is 5.82. The fourth-order valence-corrected chi connectivity index (χ4v) is 2.57. The fourth-order valence-electron chi connectivity index (χ4n) is 2.57. The molecule has 0 spiro atoms. The number of piperazine rings is 1. The first-order chi connectivity index (χ1) is 9.63. The molecule has 1 fully saturated rings. The second-order valence-electron chi connectivity index (χ2n) is 5.16. The van der Waals surface area contributed by atoms with Gasteiger partial charge in [-0.3, -0.25) is 4.79 Å². The lowest BCUT2D eigenvalue weighted by Gasteiger charge is -2.37. The third-order valence-corrected chi connectivity index (χ3v) is 3.71. The molecule has 0 bridgehead atoms. The lowest BCUT2D eigenvalue weighted by Crippen LogP contribution is -2.54. The molecule has 20 heavy (non-hydrogen) atoms. The number of hydrogen-bond acceptors (Lipinski definition) is 4. The van der Waals surface area contributed by atoms with E-state index in [0.717, 1.165) is 13.1 Å². The van der Waals surface area contributed by atoms with E-state index in [1.54, 1.807) is 7.11 Å². The summed E-state index contributed by atoms with van der Waals surface area (Å²) < 4.78 is 4.94. The molecule has 0 aliphatic carbocycles.